The van der Waals surface area contributed by atoms with Crippen LogP contribution in [0.1, 0.15) is 40.3 Å². The van der Waals surface area contributed by atoms with Crippen LogP contribution in [0.5, 0.6) is 0 Å². The lowest BCUT2D eigenvalue weighted by atomic mass is 10.0. The Hall–Kier alpha value is -2.21. The molecular weight excluding hydrogens is 300 g/mol. The van der Waals surface area contributed by atoms with E-state index in [9.17, 15) is 14.4 Å². The van der Waals surface area contributed by atoms with Gasteiger partial charge in [0.25, 0.3) is 0 Å². The number of benzene rings is 1. The summed E-state index contributed by atoms with van der Waals surface area (Å²) < 4.78 is 10.2. The Balaban J connectivity index is 0. The Morgan fingerprint density at radius 2 is 1.83 bits per heavy atom. The van der Waals surface area contributed by atoms with Crippen LogP contribution in [-0.4, -0.2) is 36.5 Å². The summed E-state index contributed by atoms with van der Waals surface area (Å²) in [4.78, 5) is 34.1. The van der Waals surface area contributed by atoms with Crippen molar-refractivity contribution in [2.75, 3.05) is 13.7 Å². The molecule has 1 aromatic rings. The number of rotatable bonds is 9. The van der Waals surface area contributed by atoms with Crippen LogP contribution in [-0.2, 0) is 23.9 Å². The van der Waals surface area contributed by atoms with E-state index in [4.69, 9.17) is 14.6 Å². The maximum absolute atomic E-state index is 12.0. The zero-order chi connectivity index (χ0) is 16.5. The molecule has 23 heavy (non-hydrogen) atoms. The predicted molar refractivity (Wildman–Crippen MR) is 87.0 cm³/mol. The lowest BCUT2D eigenvalue weighted by molar-refractivity contribution is -0.160. The molecule has 0 amide bonds. The minimum absolute atomic E-state index is 0. The first kappa shape index (κ1) is 20.8. The van der Waals surface area contributed by atoms with Crippen molar-refractivity contribution in [3.63, 3.8) is 0 Å². The van der Waals surface area contributed by atoms with Gasteiger partial charge in [-0.15, -0.1) is 0 Å². The molecule has 0 radical (unpaired) electrons. The van der Waals surface area contributed by atoms with Crippen molar-refractivity contribution in [1.29, 1.82) is 0 Å². The number of aliphatic carboxylic acids is 1. The van der Waals surface area contributed by atoms with Crippen LogP contribution in [0.25, 0.3) is 0 Å². The van der Waals surface area contributed by atoms with Crippen LogP contribution in [0.15, 0.2) is 30.3 Å². The summed E-state index contributed by atoms with van der Waals surface area (Å²) in [7, 11) is 1.38. The third kappa shape index (κ3) is 7.06. The number of ether oxygens (including phenoxy) is 2. The van der Waals surface area contributed by atoms with Crippen molar-refractivity contribution in [2.45, 2.75) is 33.3 Å². The van der Waals surface area contributed by atoms with E-state index in [0.717, 1.165) is 0 Å². The maximum Gasteiger partial charge on any atom is 0.339 e. The maximum atomic E-state index is 12.0. The fourth-order valence-electron chi connectivity index (χ4n) is 1.91. The molecule has 1 aromatic carbocycles. The average molecular weight is 327 g/mol. The zero-order valence-corrected chi connectivity index (χ0v) is 12.7. The van der Waals surface area contributed by atoms with E-state index in [-0.39, 0.29) is 34.1 Å². The minimum Gasteiger partial charge on any atom is -0.481 e. The third-order valence-electron chi connectivity index (χ3n) is 3.17. The molecule has 130 valence electrons. The molecule has 2 unspecified atom stereocenters. The summed E-state index contributed by atoms with van der Waals surface area (Å²) in [5.74, 6) is -2.75. The van der Waals surface area contributed by atoms with Crippen LogP contribution in [0.2, 0.25) is 0 Å². The number of hydrogen-bond acceptors (Lipinski definition) is 5. The number of esters is 1. The Bertz CT molecular complexity index is 517. The van der Waals surface area contributed by atoms with E-state index in [1.54, 1.807) is 24.3 Å². The van der Waals surface area contributed by atoms with Gasteiger partial charge in [0.2, 0.25) is 0 Å². The Kier molecular flexibility index (Phi) is 9.50. The van der Waals surface area contributed by atoms with E-state index in [1.165, 1.54) is 14.0 Å². The van der Waals surface area contributed by atoms with Gasteiger partial charge in [0.15, 0.2) is 6.10 Å². The molecule has 1 rings (SSSR count). The van der Waals surface area contributed by atoms with Gasteiger partial charge in [-0.05, 0) is 18.9 Å². The van der Waals surface area contributed by atoms with E-state index in [1.807, 2.05) is 6.07 Å². The number of carboxylic acid groups (broad SMARTS) is 1. The standard InChI is InChI=1S/C16H20O6.CH4.H2/c1-11(17)8-9-13(15(18)19)10-22-16(20)14(21-2)12-6-4-3-5-7-12;;/h3-7,13-14H,8-10H2,1-2H3,(H,18,19);1H4;1H/i;;1+1. The third-order valence-corrected chi connectivity index (χ3v) is 3.17. The highest BCUT2D eigenvalue weighted by Crippen LogP contribution is 2.19. The smallest absolute Gasteiger partial charge is 0.339 e. The second kappa shape index (κ2) is 10.5. The number of ketones is 1. The van der Waals surface area contributed by atoms with Crippen molar-refractivity contribution >= 4 is 17.7 Å². The fourth-order valence-corrected chi connectivity index (χ4v) is 1.91. The first-order valence-electron chi connectivity index (χ1n) is 6.92. The van der Waals surface area contributed by atoms with Gasteiger partial charge in [0, 0.05) is 15.0 Å². The number of Topliss-reactive ketones (excluding diaryl/α,β-unsaturated/α-hetero) is 1. The van der Waals surface area contributed by atoms with E-state index < -0.39 is 24.0 Å². The summed E-state index contributed by atoms with van der Waals surface area (Å²) in [5.41, 5.74) is 0.630. The lowest BCUT2D eigenvalue weighted by Crippen LogP contribution is -2.25. The van der Waals surface area contributed by atoms with Crippen LogP contribution < -0.4 is 0 Å². The normalized spacial score (nSPS) is 12.6. The molecular formula is C17H26O6. The summed E-state index contributed by atoms with van der Waals surface area (Å²) in [6.07, 6.45) is -0.620. The van der Waals surface area contributed by atoms with E-state index in [2.05, 4.69) is 0 Å². The van der Waals surface area contributed by atoms with Gasteiger partial charge in [0.1, 0.15) is 12.4 Å². The summed E-state index contributed by atoms with van der Waals surface area (Å²) >= 11 is 0. The van der Waals surface area contributed by atoms with Crippen LogP contribution in [0.4, 0.5) is 0 Å². The Morgan fingerprint density at radius 1 is 1.22 bits per heavy atom. The first-order valence-corrected chi connectivity index (χ1v) is 6.92. The Morgan fingerprint density at radius 3 is 2.30 bits per heavy atom. The summed E-state index contributed by atoms with van der Waals surface area (Å²) in [5, 5.41) is 9.08. The molecule has 0 saturated carbocycles. The number of carboxylic acids is 1. The van der Waals surface area contributed by atoms with Crippen molar-refractivity contribution in [2.24, 2.45) is 5.92 Å². The molecule has 0 spiro atoms. The molecule has 0 saturated heterocycles. The quantitative estimate of drug-likeness (QED) is 0.701. The molecule has 0 bridgehead atoms. The Labute approximate surface area is 137 Å². The van der Waals surface area contributed by atoms with Gasteiger partial charge in [-0.1, -0.05) is 37.8 Å². The summed E-state index contributed by atoms with van der Waals surface area (Å²) in [6.45, 7) is 1.11. The topological polar surface area (TPSA) is 89.9 Å². The highest BCUT2D eigenvalue weighted by molar-refractivity contribution is 5.78. The fraction of sp³-hybridized carbons (Fsp3) is 0.471. The van der Waals surface area contributed by atoms with Crippen molar-refractivity contribution in [1.82, 2.24) is 0 Å². The van der Waals surface area contributed by atoms with Gasteiger partial charge in [-0.2, -0.15) is 0 Å². The second-order valence-electron chi connectivity index (χ2n) is 4.93. The highest BCUT2D eigenvalue weighted by Gasteiger charge is 2.25. The molecule has 0 aliphatic heterocycles. The number of carbonyl (C=O) groups excluding carboxylic acids is 2. The van der Waals surface area contributed by atoms with Crippen molar-refractivity contribution in [3.05, 3.63) is 35.9 Å². The molecule has 0 fully saturated rings. The van der Waals surface area contributed by atoms with E-state index >= 15 is 0 Å². The zero-order valence-electron chi connectivity index (χ0n) is 12.7. The van der Waals surface area contributed by atoms with Crippen molar-refractivity contribution < 1.29 is 30.4 Å². The van der Waals surface area contributed by atoms with Crippen LogP contribution in [0, 0.1) is 5.92 Å². The predicted octanol–water partition coefficient (Wildman–Crippen LogP) is 2.87. The molecule has 0 aromatic heterocycles. The number of methoxy groups -OCH3 is 1. The number of carbonyl (C=O) groups is 3. The highest BCUT2D eigenvalue weighted by atomic mass is 16.6. The van der Waals surface area contributed by atoms with Gasteiger partial charge in [-0.3, -0.25) is 4.79 Å². The average Bonchev–Trinajstić information content (AvgIpc) is 2.48. The van der Waals surface area contributed by atoms with Gasteiger partial charge >= 0.3 is 11.9 Å². The largest absolute Gasteiger partial charge is 0.481 e. The van der Waals surface area contributed by atoms with Crippen LogP contribution >= 0.6 is 0 Å². The molecule has 0 aliphatic rings. The first-order chi connectivity index (χ1) is 10.5. The van der Waals surface area contributed by atoms with Gasteiger partial charge in [-0.25, -0.2) is 4.79 Å². The molecule has 6 heteroatoms. The van der Waals surface area contributed by atoms with Crippen LogP contribution in [0.3, 0.4) is 0 Å². The molecule has 1 N–H and O–H groups in total. The molecule has 6 nitrogen and oxygen atoms in total. The van der Waals surface area contributed by atoms with Gasteiger partial charge in [0.05, 0.1) is 5.92 Å². The molecule has 0 heterocycles. The minimum atomic E-state index is -1.09. The molecule has 2 atom stereocenters. The van der Waals surface area contributed by atoms with E-state index in [0.29, 0.717) is 5.56 Å². The van der Waals surface area contributed by atoms with Gasteiger partial charge < -0.3 is 19.4 Å². The lowest BCUT2D eigenvalue weighted by Gasteiger charge is -2.17. The van der Waals surface area contributed by atoms with Crippen molar-refractivity contribution in [3.8, 4) is 0 Å². The number of hydrogen-bond donors (Lipinski definition) is 1. The second-order valence-corrected chi connectivity index (χ2v) is 4.93. The monoisotopic (exact) mass is 327 g/mol. The molecule has 0 aliphatic carbocycles. The summed E-state index contributed by atoms with van der Waals surface area (Å²) in [6, 6.07) is 8.78. The SMILES string of the molecule is C.COC(C(=O)OCC(CCC(C)=O)C(=O)O)c1ccccc1.[2HH].